The molecule has 2 rings (SSSR count). The lowest BCUT2D eigenvalue weighted by atomic mass is 9.93. The number of nitrogens with zero attached hydrogens (tertiary/aromatic N) is 2. The number of rotatable bonds is 8. The fourth-order valence-electron chi connectivity index (χ4n) is 3.34. The van der Waals surface area contributed by atoms with Crippen molar-refractivity contribution in [3.8, 4) is 0 Å². The molecule has 2 heterocycles. The fourth-order valence-corrected chi connectivity index (χ4v) is 3.34. The lowest BCUT2D eigenvalue weighted by molar-refractivity contribution is -0.0653. The molecule has 5 nitrogen and oxygen atoms in total. The third-order valence-corrected chi connectivity index (χ3v) is 4.85. The summed E-state index contributed by atoms with van der Waals surface area (Å²) in [5.41, 5.74) is 0. The molecule has 1 N–H and O–H groups in total. The second-order valence-electron chi connectivity index (χ2n) is 7.13. The minimum atomic E-state index is -0.360. The lowest BCUT2D eigenvalue weighted by Gasteiger charge is -2.34. The van der Waals surface area contributed by atoms with Crippen LogP contribution in [0.2, 0.25) is 0 Å². The molecule has 2 fully saturated rings. The summed E-state index contributed by atoms with van der Waals surface area (Å²) < 4.78 is 11.1. The Kier molecular flexibility index (Phi) is 8.11. The summed E-state index contributed by atoms with van der Waals surface area (Å²) in [5, 5.41) is 10.2. The van der Waals surface area contributed by atoms with Crippen molar-refractivity contribution in [2.24, 2.45) is 5.92 Å². The Morgan fingerprint density at radius 3 is 2.50 bits per heavy atom. The Bertz CT molecular complexity index is 288. The first-order valence-corrected chi connectivity index (χ1v) is 8.88. The molecule has 0 radical (unpaired) electrons. The van der Waals surface area contributed by atoms with Gasteiger partial charge in [-0.25, -0.2) is 0 Å². The van der Waals surface area contributed by atoms with E-state index in [0.29, 0.717) is 6.61 Å². The number of hydrogen-bond acceptors (Lipinski definition) is 5. The van der Waals surface area contributed by atoms with E-state index in [2.05, 4.69) is 23.9 Å². The van der Waals surface area contributed by atoms with E-state index in [0.717, 1.165) is 51.6 Å². The average molecular weight is 314 g/mol. The predicted octanol–water partition coefficient (Wildman–Crippen LogP) is 1.21. The standard InChI is InChI=1S/C17H34N2O3/c1-18(2)8-3-15-4-9-19(10-5-15)13-16(20)14-22-17-6-11-21-12-7-17/h15-17,20H,3-14H2,1-2H3. The first-order valence-electron chi connectivity index (χ1n) is 8.88. The molecule has 2 saturated heterocycles. The molecule has 22 heavy (non-hydrogen) atoms. The first-order chi connectivity index (χ1) is 10.6. The van der Waals surface area contributed by atoms with Crippen LogP contribution in [0.15, 0.2) is 0 Å². The maximum atomic E-state index is 10.2. The van der Waals surface area contributed by atoms with Gasteiger partial charge in [-0.3, -0.25) is 0 Å². The molecule has 0 amide bonds. The maximum absolute atomic E-state index is 10.2. The summed E-state index contributed by atoms with van der Waals surface area (Å²) in [6.07, 6.45) is 5.67. The van der Waals surface area contributed by atoms with Gasteiger partial charge in [0.05, 0.1) is 18.8 Å². The van der Waals surface area contributed by atoms with Gasteiger partial charge in [0, 0.05) is 19.8 Å². The van der Waals surface area contributed by atoms with Crippen molar-refractivity contribution in [3.63, 3.8) is 0 Å². The molecule has 130 valence electrons. The Hall–Kier alpha value is -0.200. The highest BCUT2D eigenvalue weighted by Crippen LogP contribution is 2.20. The second-order valence-corrected chi connectivity index (χ2v) is 7.13. The summed E-state index contributed by atoms with van der Waals surface area (Å²) in [6.45, 7) is 6.22. The zero-order chi connectivity index (χ0) is 15.8. The van der Waals surface area contributed by atoms with Crippen LogP contribution < -0.4 is 0 Å². The van der Waals surface area contributed by atoms with Crippen molar-refractivity contribution < 1.29 is 14.6 Å². The van der Waals surface area contributed by atoms with E-state index in [1.54, 1.807) is 0 Å². The van der Waals surface area contributed by atoms with E-state index < -0.39 is 0 Å². The van der Waals surface area contributed by atoms with Crippen molar-refractivity contribution in [1.29, 1.82) is 0 Å². The summed E-state index contributed by atoms with van der Waals surface area (Å²) in [7, 11) is 4.29. The number of piperidine rings is 1. The van der Waals surface area contributed by atoms with Crippen molar-refractivity contribution in [2.45, 2.75) is 44.3 Å². The quantitative estimate of drug-likeness (QED) is 0.729. The summed E-state index contributed by atoms with van der Waals surface area (Å²) in [6, 6.07) is 0. The van der Waals surface area contributed by atoms with Gasteiger partial charge in [-0.15, -0.1) is 0 Å². The number of likely N-dealkylation sites (tertiary alicyclic amines) is 1. The highest BCUT2D eigenvalue weighted by atomic mass is 16.5. The third kappa shape index (κ3) is 6.92. The van der Waals surface area contributed by atoms with E-state index >= 15 is 0 Å². The molecular formula is C17H34N2O3. The van der Waals surface area contributed by atoms with Gasteiger partial charge in [0.25, 0.3) is 0 Å². The van der Waals surface area contributed by atoms with E-state index in [1.165, 1.54) is 25.8 Å². The number of aliphatic hydroxyl groups is 1. The SMILES string of the molecule is CN(C)CCC1CCN(CC(O)COC2CCOCC2)CC1. The molecule has 1 unspecified atom stereocenters. The average Bonchev–Trinajstić information content (AvgIpc) is 2.53. The van der Waals surface area contributed by atoms with Crippen LogP contribution in [0.1, 0.15) is 32.1 Å². The minimum Gasteiger partial charge on any atom is -0.389 e. The summed E-state index contributed by atoms with van der Waals surface area (Å²) in [5.74, 6) is 0.856. The molecule has 0 saturated carbocycles. The van der Waals surface area contributed by atoms with Crippen LogP contribution in [0, 0.1) is 5.92 Å². The molecular weight excluding hydrogens is 280 g/mol. The van der Waals surface area contributed by atoms with Crippen LogP contribution in [0.3, 0.4) is 0 Å². The van der Waals surface area contributed by atoms with Gasteiger partial charge in [-0.1, -0.05) is 0 Å². The highest BCUT2D eigenvalue weighted by molar-refractivity contribution is 4.75. The topological polar surface area (TPSA) is 45.2 Å². The van der Waals surface area contributed by atoms with Gasteiger partial charge >= 0.3 is 0 Å². The van der Waals surface area contributed by atoms with Crippen molar-refractivity contribution >= 4 is 0 Å². The van der Waals surface area contributed by atoms with Gasteiger partial charge in [0.2, 0.25) is 0 Å². The Labute approximate surface area is 135 Å². The zero-order valence-corrected chi connectivity index (χ0v) is 14.4. The van der Waals surface area contributed by atoms with Crippen molar-refractivity contribution in [2.75, 3.05) is 60.1 Å². The van der Waals surface area contributed by atoms with Crippen LogP contribution in [0.25, 0.3) is 0 Å². The number of hydrogen-bond donors (Lipinski definition) is 1. The number of ether oxygens (including phenoxy) is 2. The second kappa shape index (κ2) is 9.83. The lowest BCUT2D eigenvalue weighted by Crippen LogP contribution is -2.41. The number of β-amino-alcohol motifs (C(OH)–C–C–N with tert-alkyl or cyclic N) is 1. The van der Waals surface area contributed by atoms with Crippen LogP contribution >= 0.6 is 0 Å². The number of aliphatic hydroxyl groups excluding tert-OH is 1. The van der Waals surface area contributed by atoms with Gasteiger partial charge in [-0.2, -0.15) is 0 Å². The minimum absolute atomic E-state index is 0.278. The monoisotopic (exact) mass is 314 g/mol. The molecule has 0 aromatic heterocycles. The smallest absolute Gasteiger partial charge is 0.0900 e. The van der Waals surface area contributed by atoms with Gasteiger partial charge in [-0.05, 0) is 71.8 Å². The summed E-state index contributed by atoms with van der Waals surface area (Å²) in [4.78, 5) is 4.66. The molecule has 0 bridgehead atoms. The van der Waals surface area contributed by atoms with Crippen LogP contribution in [0.5, 0.6) is 0 Å². The fraction of sp³-hybridized carbons (Fsp3) is 1.00. The van der Waals surface area contributed by atoms with Crippen molar-refractivity contribution in [3.05, 3.63) is 0 Å². The Balaban J connectivity index is 1.55. The van der Waals surface area contributed by atoms with E-state index in [1.807, 2.05) is 0 Å². The predicted molar refractivity (Wildman–Crippen MR) is 88.1 cm³/mol. The van der Waals surface area contributed by atoms with E-state index in [9.17, 15) is 5.11 Å². The normalized spacial score (nSPS) is 24.0. The molecule has 0 aliphatic carbocycles. The molecule has 2 aliphatic heterocycles. The summed E-state index contributed by atoms with van der Waals surface area (Å²) >= 11 is 0. The zero-order valence-electron chi connectivity index (χ0n) is 14.4. The highest BCUT2D eigenvalue weighted by Gasteiger charge is 2.22. The van der Waals surface area contributed by atoms with Gasteiger partial charge in [0.15, 0.2) is 0 Å². The molecule has 5 heteroatoms. The van der Waals surface area contributed by atoms with Crippen molar-refractivity contribution in [1.82, 2.24) is 9.80 Å². The molecule has 0 aromatic carbocycles. The first kappa shape index (κ1) is 18.1. The largest absolute Gasteiger partial charge is 0.389 e. The van der Waals surface area contributed by atoms with Gasteiger partial charge < -0.3 is 24.4 Å². The van der Waals surface area contributed by atoms with Gasteiger partial charge in [0.1, 0.15) is 0 Å². The van der Waals surface area contributed by atoms with Crippen LogP contribution in [0.4, 0.5) is 0 Å². The van der Waals surface area contributed by atoms with Crippen LogP contribution in [-0.4, -0.2) is 87.2 Å². The molecule has 0 aromatic rings. The van der Waals surface area contributed by atoms with Crippen LogP contribution in [-0.2, 0) is 9.47 Å². The Morgan fingerprint density at radius 2 is 1.86 bits per heavy atom. The van der Waals surface area contributed by atoms with E-state index in [4.69, 9.17) is 9.47 Å². The Morgan fingerprint density at radius 1 is 1.18 bits per heavy atom. The molecule has 0 spiro atoms. The van der Waals surface area contributed by atoms with E-state index in [-0.39, 0.29) is 12.2 Å². The molecule has 1 atom stereocenters. The maximum Gasteiger partial charge on any atom is 0.0900 e. The molecule has 2 aliphatic rings. The third-order valence-electron chi connectivity index (χ3n) is 4.85.